The van der Waals surface area contributed by atoms with E-state index in [1.54, 1.807) is 29.2 Å². The van der Waals surface area contributed by atoms with Crippen molar-refractivity contribution in [3.05, 3.63) is 100 Å². The number of nitrogens with one attached hydrogen (secondary N) is 1. The molecule has 4 nitrogen and oxygen atoms in total. The molecule has 3 aromatic carbocycles. The molecule has 1 heterocycles. The number of carbonyl (C=O) groups excluding carboxylic acids is 2. The van der Waals surface area contributed by atoms with Crippen LogP contribution in [0.2, 0.25) is 5.02 Å². The maximum absolute atomic E-state index is 13.4. The lowest BCUT2D eigenvalue weighted by molar-refractivity contribution is -0.117. The number of aryl methyl sites for hydroxylation is 1. The second-order valence-corrected chi connectivity index (χ2v) is 7.27. The first-order chi connectivity index (χ1) is 13.5. The molecule has 0 fully saturated rings. The van der Waals surface area contributed by atoms with Gasteiger partial charge in [-0.05, 0) is 36.2 Å². The Labute approximate surface area is 168 Å². The minimum Gasteiger partial charge on any atom is -0.324 e. The van der Waals surface area contributed by atoms with E-state index in [0.717, 1.165) is 22.4 Å². The van der Waals surface area contributed by atoms with Crippen LogP contribution in [-0.2, 0) is 4.79 Å². The molecular formula is C23H19ClN2O2. The molecule has 0 unspecified atom stereocenters. The molecule has 0 saturated carbocycles. The Morgan fingerprint density at radius 1 is 1.04 bits per heavy atom. The number of halogens is 1. The van der Waals surface area contributed by atoms with Gasteiger partial charge in [0.25, 0.3) is 5.91 Å². The molecule has 1 aliphatic rings. The van der Waals surface area contributed by atoms with Crippen molar-refractivity contribution in [2.45, 2.75) is 13.0 Å². The smallest absolute Gasteiger partial charge is 0.256 e. The highest BCUT2D eigenvalue weighted by atomic mass is 35.5. The van der Waals surface area contributed by atoms with Crippen LogP contribution < -0.4 is 5.32 Å². The lowest BCUT2D eigenvalue weighted by atomic mass is 9.94. The van der Waals surface area contributed by atoms with Gasteiger partial charge in [-0.1, -0.05) is 66.2 Å². The monoisotopic (exact) mass is 390 g/mol. The van der Waals surface area contributed by atoms with E-state index < -0.39 is 6.04 Å². The predicted molar refractivity (Wildman–Crippen MR) is 111 cm³/mol. The second kappa shape index (κ2) is 7.49. The number of amides is 2. The van der Waals surface area contributed by atoms with Gasteiger partial charge in [0, 0.05) is 11.3 Å². The molecule has 1 atom stereocenters. The number of benzene rings is 3. The van der Waals surface area contributed by atoms with Gasteiger partial charge in [0.05, 0.1) is 16.6 Å². The van der Waals surface area contributed by atoms with E-state index in [1.807, 2.05) is 55.5 Å². The highest BCUT2D eigenvalue weighted by molar-refractivity contribution is 6.33. The van der Waals surface area contributed by atoms with Crippen molar-refractivity contribution in [1.82, 2.24) is 4.90 Å². The van der Waals surface area contributed by atoms with E-state index in [9.17, 15) is 9.59 Å². The summed E-state index contributed by atoms with van der Waals surface area (Å²) in [6.45, 7) is 1.92. The molecular weight excluding hydrogens is 372 g/mol. The molecule has 0 radical (unpaired) electrons. The van der Waals surface area contributed by atoms with Crippen LogP contribution >= 0.6 is 11.6 Å². The zero-order chi connectivity index (χ0) is 19.7. The predicted octanol–water partition coefficient (Wildman–Crippen LogP) is 4.83. The van der Waals surface area contributed by atoms with Gasteiger partial charge in [0.15, 0.2) is 0 Å². The molecule has 0 saturated heterocycles. The standard InChI is InChI=1S/C23H19ClN2O2/c1-15-11-12-18-20(13-15)25-21(27)14-26(22(18)16-7-3-2-4-8-16)23(28)17-9-5-6-10-19(17)24/h2-13,22H,14H2,1H3,(H,25,27)/t22-/m1/s1. The molecule has 28 heavy (non-hydrogen) atoms. The van der Waals surface area contributed by atoms with Crippen LogP contribution in [0.5, 0.6) is 0 Å². The number of rotatable bonds is 2. The van der Waals surface area contributed by atoms with Gasteiger partial charge in [-0.3, -0.25) is 9.59 Å². The maximum Gasteiger partial charge on any atom is 0.256 e. The largest absolute Gasteiger partial charge is 0.324 e. The number of hydrogen-bond donors (Lipinski definition) is 1. The Morgan fingerprint density at radius 2 is 1.75 bits per heavy atom. The SMILES string of the molecule is Cc1ccc2c(c1)NC(=O)CN(C(=O)c1ccccc1Cl)[C@@H]2c1ccccc1. The van der Waals surface area contributed by atoms with E-state index in [2.05, 4.69) is 5.32 Å². The molecule has 1 aliphatic heterocycles. The van der Waals surface area contributed by atoms with Gasteiger partial charge in [-0.25, -0.2) is 0 Å². The Balaban J connectivity index is 1.90. The summed E-state index contributed by atoms with van der Waals surface area (Å²) >= 11 is 6.28. The molecule has 5 heteroatoms. The molecule has 140 valence electrons. The molecule has 2 amide bonds. The van der Waals surface area contributed by atoms with Gasteiger partial charge in [0.2, 0.25) is 5.91 Å². The van der Waals surface area contributed by atoms with Gasteiger partial charge in [-0.2, -0.15) is 0 Å². The minimum absolute atomic E-state index is 0.0582. The first-order valence-corrected chi connectivity index (χ1v) is 9.43. The van der Waals surface area contributed by atoms with Crippen LogP contribution in [0.15, 0.2) is 72.8 Å². The highest BCUT2D eigenvalue weighted by Gasteiger charge is 2.34. The fourth-order valence-electron chi connectivity index (χ4n) is 3.59. The molecule has 0 aliphatic carbocycles. The van der Waals surface area contributed by atoms with Gasteiger partial charge >= 0.3 is 0 Å². The maximum atomic E-state index is 13.4. The topological polar surface area (TPSA) is 49.4 Å². The van der Waals surface area contributed by atoms with Crippen molar-refractivity contribution in [1.29, 1.82) is 0 Å². The summed E-state index contributed by atoms with van der Waals surface area (Å²) in [4.78, 5) is 27.7. The quantitative estimate of drug-likeness (QED) is 0.681. The minimum atomic E-state index is -0.403. The third-order valence-electron chi connectivity index (χ3n) is 4.88. The van der Waals surface area contributed by atoms with Crippen LogP contribution in [0.25, 0.3) is 0 Å². The van der Waals surface area contributed by atoms with Crippen LogP contribution in [0, 0.1) is 6.92 Å². The lowest BCUT2D eigenvalue weighted by Gasteiger charge is -2.31. The number of fused-ring (bicyclic) bond motifs is 1. The van der Waals surface area contributed by atoms with Crippen LogP contribution in [0.3, 0.4) is 0 Å². The van der Waals surface area contributed by atoms with Gasteiger partial charge < -0.3 is 10.2 Å². The number of carbonyl (C=O) groups is 2. The molecule has 3 aromatic rings. The van der Waals surface area contributed by atoms with Crippen molar-refractivity contribution in [2.75, 3.05) is 11.9 Å². The number of nitrogens with zero attached hydrogens (tertiary/aromatic N) is 1. The van der Waals surface area contributed by atoms with Crippen molar-refractivity contribution < 1.29 is 9.59 Å². The summed E-state index contributed by atoms with van der Waals surface area (Å²) < 4.78 is 0. The first-order valence-electron chi connectivity index (χ1n) is 9.05. The van der Waals surface area contributed by atoms with E-state index in [4.69, 9.17) is 11.6 Å². The Kier molecular flexibility index (Phi) is 4.88. The second-order valence-electron chi connectivity index (χ2n) is 6.87. The number of hydrogen-bond acceptors (Lipinski definition) is 2. The highest BCUT2D eigenvalue weighted by Crippen LogP contribution is 2.37. The fraction of sp³-hybridized carbons (Fsp3) is 0.130. The lowest BCUT2D eigenvalue weighted by Crippen LogP contribution is -2.39. The normalized spacial score (nSPS) is 16.1. The number of anilines is 1. The van der Waals surface area contributed by atoms with E-state index in [0.29, 0.717) is 10.6 Å². The van der Waals surface area contributed by atoms with Gasteiger partial charge in [-0.15, -0.1) is 0 Å². The Bertz CT molecular complexity index is 1050. The van der Waals surface area contributed by atoms with Crippen molar-refractivity contribution in [3.63, 3.8) is 0 Å². The molecule has 0 bridgehead atoms. The summed E-state index contributed by atoms with van der Waals surface area (Å²) in [6.07, 6.45) is 0. The fourth-order valence-corrected chi connectivity index (χ4v) is 3.81. The summed E-state index contributed by atoms with van der Waals surface area (Å²) in [6, 6.07) is 22.1. The van der Waals surface area contributed by atoms with Crippen molar-refractivity contribution in [2.24, 2.45) is 0 Å². The molecule has 1 N–H and O–H groups in total. The van der Waals surface area contributed by atoms with Crippen LogP contribution in [0.1, 0.15) is 33.1 Å². The third-order valence-corrected chi connectivity index (χ3v) is 5.21. The average Bonchev–Trinajstić information content (AvgIpc) is 2.83. The molecule has 0 aromatic heterocycles. The van der Waals surface area contributed by atoms with Crippen LogP contribution in [0.4, 0.5) is 5.69 Å². The zero-order valence-corrected chi connectivity index (χ0v) is 16.1. The van der Waals surface area contributed by atoms with Crippen LogP contribution in [-0.4, -0.2) is 23.3 Å². The summed E-state index contributed by atoms with van der Waals surface area (Å²) in [7, 11) is 0. The van der Waals surface area contributed by atoms with Crippen molar-refractivity contribution >= 4 is 29.1 Å². The summed E-state index contributed by atoms with van der Waals surface area (Å²) in [5.41, 5.74) is 3.96. The Hall–Kier alpha value is -3.11. The van der Waals surface area contributed by atoms with E-state index in [1.165, 1.54) is 0 Å². The zero-order valence-electron chi connectivity index (χ0n) is 15.4. The van der Waals surface area contributed by atoms with E-state index >= 15 is 0 Å². The van der Waals surface area contributed by atoms with Crippen molar-refractivity contribution in [3.8, 4) is 0 Å². The average molecular weight is 391 g/mol. The Morgan fingerprint density at radius 3 is 2.50 bits per heavy atom. The molecule has 0 spiro atoms. The van der Waals surface area contributed by atoms with Gasteiger partial charge in [0.1, 0.15) is 6.54 Å². The summed E-state index contributed by atoms with van der Waals surface area (Å²) in [5, 5.41) is 3.32. The summed E-state index contributed by atoms with van der Waals surface area (Å²) in [5.74, 6) is -0.506. The third kappa shape index (κ3) is 3.39. The molecule has 4 rings (SSSR count). The van der Waals surface area contributed by atoms with E-state index in [-0.39, 0.29) is 18.4 Å². The first kappa shape index (κ1) is 18.3.